The Labute approximate surface area is 215 Å². The van der Waals surface area contributed by atoms with Crippen LogP contribution in [-0.2, 0) is 35.3 Å². The van der Waals surface area contributed by atoms with E-state index < -0.39 is 34.5 Å². The summed E-state index contributed by atoms with van der Waals surface area (Å²) in [6.07, 6.45) is -3.81. The van der Waals surface area contributed by atoms with Crippen molar-refractivity contribution in [2.75, 3.05) is 0 Å². The van der Waals surface area contributed by atoms with Gasteiger partial charge in [-0.3, -0.25) is 9.59 Å². The van der Waals surface area contributed by atoms with Crippen molar-refractivity contribution in [1.29, 1.82) is 0 Å². The highest BCUT2D eigenvalue weighted by Crippen LogP contribution is 2.38. The van der Waals surface area contributed by atoms with Gasteiger partial charge < -0.3 is 15.0 Å². The summed E-state index contributed by atoms with van der Waals surface area (Å²) in [6.45, 7) is 1.66. The third-order valence-electron chi connectivity index (χ3n) is 6.27. The molecular weight excluding hydrogens is 514 g/mol. The second-order valence-electron chi connectivity index (χ2n) is 8.81. The van der Waals surface area contributed by atoms with Crippen LogP contribution >= 0.6 is 11.6 Å². The van der Waals surface area contributed by atoms with Gasteiger partial charge in [-0.15, -0.1) is 0 Å². The van der Waals surface area contributed by atoms with Crippen LogP contribution in [0.1, 0.15) is 42.1 Å². The van der Waals surface area contributed by atoms with Gasteiger partial charge in [0.1, 0.15) is 11.6 Å². The average Bonchev–Trinajstić information content (AvgIpc) is 2.82. The number of carbonyl (C=O) groups excluding carboxylic acids is 1. The van der Waals surface area contributed by atoms with Crippen molar-refractivity contribution >= 4 is 17.5 Å². The van der Waals surface area contributed by atoms with E-state index in [9.17, 15) is 22.8 Å². The fraction of sp³-hybridized carbons (Fsp3) is 0.346. The number of aryl methyl sites for hydroxylation is 1. The molecule has 1 aromatic heterocycles. The first kappa shape index (κ1) is 26.8. The van der Waals surface area contributed by atoms with Crippen LogP contribution in [-0.4, -0.2) is 22.0 Å². The SMILES string of the molecule is CCc1cc(=O)[nH]c(-c2c(C(F)(F)F)ccc(CNC(=O)C3CC(OCc4ccccc4Cl)C3)c2F)n1. The van der Waals surface area contributed by atoms with Gasteiger partial charge in [-0.1, -0.05) is 42.8 Å². The van der Waals surface area contributed by atoms with Gasteiger partial charge in [-0.25, -0.2) is 9.37 Å². The first-order valence-corrected chi connectivity index (χ1v) is 12.1. The molecule has 0 unspecified atom stereocenters. The van der Waals surface area contributed by atoms with Crippen molar-refractivity contribution < 1.29 is 27.1 Å². The van der Waals surface area contributed by atoms with Gasteiger partial charge in [0.2, 0.25) is 5.91 Å². The predicted molar refractivity (Wildman–Crippen MR) is 129 cm³/mol. The van der Waals surface area contributed by atoms with Gasteiger partial charge in [0.05, 0.1) is 23.8 Å². The number of amides is 1. The molecule has 1 saturated carbocycles. The zero-order valence-electron chi connectivity index (χ0n) is 19.8. The van der Waals surface area contributed by atoms with E-state index in [4.69, 9.17) is 16.3 Å². The van der Waals surface area contributed by atoms with Gasteiger partial charge in [0, 0.05) is 34.8 Å². The minimum Gasteiger partial charge on any atom is -0.373 e. The number of aromatic nitrogens is 2. The number of carbonyl (C=O) groups is 1. The number of H-pyrrole nitrogens is 1. The maximum atomic E-state index is 15.4. The summed E-state index contributed by atoms with van der Waals surface area (Å²) in [7, 11) is 0. The second kappa shape index (κ2) is 11.0. The van der Waals surface area contributed by atoms with Crippen molar-refractivity contribution in [2.24, 2.45) is 5.92 Å². The smallest absolute Gasteiger partial charge is 0.373 e. The number of hydrogen-bond acceptors (Lipinski definition) is 4. The molecule has 196 valence electrons. The van der Waals surface area contributed by atoms with Gasteiger partial charge >= 0.3 is 6.18 Å². The van der Waals surface area contributed by atoms with Crippen LogP contribution in [0.3, 0.4) is 0 Å². The highest BCUT2D eigenvalue weighted by Gasteiger charge is 2.38. The quantitative estimate of drug-likeness (QED) is 0.376. The number of benzene rings is 2. The predicted octanol–water partition coefficient (Wildman–Crippen LogP) is 5.42. The largest absolute Gasteiger partial charge is 0.417 e. The second-order valence-corrected chi connectivity index (χ2v) is 9.22. The molecular formula is C26H24ClF4N3O3. The van der Waals surface area contributed by atoms with E-state index in [1.165, 1.54) is 0 Å². The monoisotopic (exact) mass is 537 g/mol. The zero-order chi connectivity index (χ0) is 26.7. The van der Waals surface area contributed by atoms with Crippen LogP contribution in [0.5, 0.6) is 0 Å². The van der Waals surface area contributed by atoms with E-state index >= 15 is 4.39 Å². The van der Waals surface area contributed by atoms with Crippen LogP contribution in [0.25, 0.3) is 11.4 Å². The standard InChI is InChI=1S/C26H24ClF4N3O3/c1-2-17-11-21(35)34-24(33-17)22-19(26(29,30)31)8-7-14(23(22)28)12-32-25(36)16-9-18(10-16)37-13-15-5-3-4-6-20(15)27/h3-8,11,16,18H,2,9-10,12-13H2,1H3,(H,32,36)(H,33,34,35). The molecule has 4 rings (SSSR count). The molecule has 2 aromatic carbocycles. The Morgan fingerprint density at radius 1 is 1.19 bits per heavy atom. The number of aromatic amines is 1. The summed E-state index contributed by atoms with van der Waals surface area (Å²) in [5.41, 5.74) is -1.92. The van der Waals surface area contributed by atoms with Crippen molar-refractivity contribution in [3.8, 4) is 11.4 Å². The van der Waals surface area contributed by atoms with E-state index in [1.807, 2.05) is 18.2 Å². The maximum absolute atomic E-state index is 15.4. The molecule has 6 nitrogen and oxygen atoms in total. The molecule has 1 fully saturated rings. The number of halogens is 5. The molecule has 1 amide bonds. The highest BCUT2D eigenvalue weighted by atomic mass is 35.5. The Bertz CT molecular complexity index is 1350. The number of rotatable bonds is 8. The fourth-order valence-electron chi connectivity index (χ4n) is 4.10. The lowest BCUT2D eigenvalue weighted by atomic mass is 9.81. The molecule has 3 aromatic rings. The molecule has 0 bridgehead atoms. The average molecular weight is 538 g/mol. The first-order chi connectivity index (χ1) is 17.6. The molecule has 37 heavy (non-hydrogen) atoms. The van der Waals surface area contributed by atoms with E-state index in [0.29, 0.717) is 24.5 Å². The lowest BCUT2D eigenvalue weighted by Crippen LogP contribution is -2.42. The van der Waals surface area contributed by atoms with Crippen LogP contribution in [0.15, 0.2) is 47.3 Å². The zero-order valence-corrected chi connectivity index (χ0v) is 20.5. The van der Waals surface area contributed by atoms with Crippen LogP contribution < -0.4 is 10.9 Å². The minimum absolute atomic E-state index is 0.129. The highest BCUT2D eigenvalue weighted by molar-refractivity contribution is 6.31. The number of nitrogens with zero attached hydrogens (tertiary/aromatic N) is 1. The van der Waals surface area contributed by atoms with Crippen molar-refractivity contribution in [2.45, 2.75) is 51.6 Å². The molecule has 0 aliphatic heterocycles. The van der Waals surface area contributed by atoms with Crippen LogP contribution in [0.2, 0.25) is 5.02 Å². The van der Waals surface area contributed by atoms with Crippen molar-refractivity contribution in [3.05, 3.63) is 86.0 Å². The summed E-state index contributed by atoms with van der Waals surface area (Å²) in [6, 6.07) is 10.1. The van der Waals surface area contributed by atoms with Crippen LogP contribution in [0.4, 0.5) is 17.6 Å². The van der Waals surface area contributed by atoms with E-state index in [0.717, 1.165) is 23.8 Å². The molecule has 1 heterocycles. The lowest BCUT2D eigenvalue weighted by molar-refractivity contribution is -0.137. The summed E-state index contributed by atoms with van der Waals surface area (Å²) < 4.78 is 62.1. The fourth-order valence-corrected chi connectivity index (χ4v) is 4.29. The Morgan fingerprint density at radius 3 is 2.59 bits per heavy atom. The van der Waals surface area contributed by atoms with Crippen molar-refractivity contribution in [3.63, 3.8) is 0 Å². The van der Waals surface area contributed by atoms with E-state index in [2.05, 4.69) is 15.3 Å². The number of nitrogens with one attached hydrogen (secondary N) is 2. The van der Waals surface area contributed by atoms with Gasteiger partial charge in [0.25, 0.3) is 5.56 Å². The Hall–Kier alpha value is -3.24. The maximum Gasteiger partial charge on any atom is 0.417 e. The first-order valence-electron chi connectivity index (χ1n) is 11.7. The number of hydrogen-bond donors (Lipinski definition) is 2. The van der Waals surface area contributed by atoms with Gasteiger partial charge in [0.15, 0.2) is 0 Å². The lowest BCUT2D eigenvalue weighted by Gasteiger charge is -2.34. The van der Waals surface area contributed by atoms with Gasteiger partial charge in [-0.2, -0.15) is 13.2 Å². The molecule has 0 atom stereocenters. The molecule has 2 N–H and O–H groups in total. The number of ether oxygens (including phenoxy) is 1. The third kappa shape index (κ3) is 6.19. The summed E-state index contributed by atoms with van der Waals surface area (Å²) in [5, 5.41) is 3.18. The number of alkyl halides is 3. The van der Waals surface area contributed by atoms with Crippen LogP contribution in [0, 0.1) is 11.7 Å². The molecule has 0 saturated heterocycles. The topological polar surface area (TPSA) is 84.1 Å². The molecule has 1 aliphatic carbocycles. The summed E-state index contributed by atoms with van der Waals surface area (Å²) in [4.78, 5) is 30.7. The normalized spacial score (nSPS) is 17.4. The van der Waals surface area contributed by atoms with E-state index in [1.54, 1.807) is 13.0 Å². The molecule has 11 heteroatoms. The Kier molecular flexibility index (Phi) is 7.99. The van der Waals surface area contributed by atoms with E-state index in [-0.39, 0.29) is 42.2 Å². The Balaban J connectivity index is 1.43. The Morgan fingerprint density at radius 2 is 1.92 bits per heavy atom. The molecule has 1 aliphatic rings. The molecule has 0 radical (unpaired) electrons. The molecule has 0 spiro atoms. The third-order valence-corrected chi connectivity index (χ3v) is 6.64. The van der Waals surface area contributed by atoms with Crippen molar-refractivity contribution in [1.82, 2.24) is 15.3 Å². The minimum atomic E-state index is -4.89. The summed E-state index contributed by atoms with van der Waals surface area (Å²) in [5.74, 6) is -2.42. The summed E-state index contributed by atoms with van der Waals surface area (Å²) >= 11 is 6.11. The van der Waals surface area contributed by atoms with Gasteiger partial charge in [-0.05, 0) is 37.0 Å².